The molecule has 0 unspecified atom stereocenters. The molecule has 13 heavy (non-hydrogen) atoms. The molecule has 1 fully saturated rings. The van der Waals surface area contributed by atoms with Gasteiger partial charge in [-0.1, -0.05) is 13.2 Å². The van der Waals surface area contributed by atoms with Gasteiger partial charge in [0.2, 0.25) is 5.91 Å². The lowest BCUT2D eigenvalue weighted by Gasteiger charge is -2.07. The van der Waals surface area contributed by atoms with Crippen LogP contribution >= 0.6 is 0 Å². The monoisotopic (exact) mass is 177 g/mol. The third kappa shape index (κ3) is 2.31. The van der Waals surface area contributed by atoms with E-state index in [0.717, 1.165) is 36.1 Å². The molecule has 0 radical (unpaired) electrons. The fraction of sp³-hybridized carbons (Fsp3) is 0.364. The summed E-state index contributed by atoms with van der Waals surface area (Å²) in [6.45, 7) is 9.14. The molecule has 2 nitrogen and oxygen atoms in total. The Morgan fingerprint density at radius 1 is 1.54 bits per heavy atom. The van der Waals surface area contributed by atoms with Gasteiger partial charge < -0.3 is 5.32 Å². The molecule has 0 atom stereocenters. The zero-order chi connectivity index (χ0) is 9.84. The first-order valence-electron chi connectivity index (χ1n) is 4.46. The zero-order valence-electron chi connectivity index (χ0n) is 8.02. The van der Waals surface area contributed by atoms with Crippen molar-refractivity contribution in [1.82, 2.24) is 5.32 Å². The molecule has 1 rings (SSSR count). The highest BCUT2D eigenvalue weighted by Crippen LogP contribution is 2.30. The molecule has 0 aromatic heterocycles. The van der Waals surface area contributed by atoms with Crippen LogP contribution in [-0.2, 0) is 4.79 Å². The molecule has 1 aliphatic rings. The van der Waals surface area contributed by atoms with Gasteiger partial charge in [0.15, 0.2) is 0 Å². The number of carbonyl (C=O) groups is 1. The Hall–Kier alpha value is -1.31. The van der Waals surface area contributed by atoms with E-state index < -0.39 is 0 Å². The minimum absolute atomic E-state index is 0.0536. The molecule has 0 aromatic rings. The number of nitrogens with one attached hydrogen (secondary N) is 1. The average Bonchev–Trinajstić information content (AvgIpc) is 2.47. The molecule has 1 N–H and O–H groups in total. The summed E-state index contributed by atoms with van der Waals surface area (Å²) in [5.41, 5.74) is 3.11. The van der Waals surface area contributed by atoms with E-state index in [-0.39, 0.29) is 5.91 Å². The van der Waals surface area contributed by atoms with Gasteiger partial charge in [-0.25, -0.2) is 0 Å². The number of amides is 1. The van der Waals surface area contributed by atoms with E-state index in [4.69, 9.17) is 0 Å². The Morgan fingerprint density at radius 3 is 2.62 bits per heavy atom. The molecule has 2 heteroatoms. The van der Waals surface area contributed by atoms with Crippen molar-refractivity contribution in [3.05, 3.63) is 36.1 Å². The van der Waals surface area contributed by atoms with Gasteiger partial charge in [0.1, 0.15) is 0 Å². The van der Waals surface area contributed by atoms with E-state index in [9.17, 15) is 4.79 Å². The van der Waals surface area contributed by atoms with E-state index in [0.29, 0.717) is 0 Å². The van der Waals surface area contributed by atoms with Crippen LogP contribution in [0, 0.1) is 0 Å². The summed E-state index contributed by atoms with van der Waals surface area (Å²) in [6, 6.07) is 0. The Labute approximate surface area is 79.0 Å². The maximum atomic E-state index is 10.9. The van der Waals surface area contributed by atoms with Crippen molar-refractivity contribution in [1.29, 1.82) is 0 Å². The smallest absolute Gasteiger partial charge is 0.221 e. The minimum atomic E-state index is -0.0536. The summed E-state index contributed by atoms with van der Waals surface area (Å²) < 4.78 is 0. The lowest BCUT2D eigenvalue weighted by Crippen LogP contribution is -2.19. The van der Waals surface area contributed by atoms with Gasteiger partial charge in [0.25, 0.3) is 0 Å². The molecule has 0 bridgehead atoms. The van der Waals surface area contributed by atoms with E-state index in [1.807, 2.05) is 0 Å². The Morgan fingerprint density at radius 2 is 2.23 bits per heavy atom. The van der Waals surface area contributed by atoms with Crippen LogP contribution in [0.5, 0.6) is 0 Å². The topological polar surface area (TPSA) is 29.1 Å². The van der Waals surface area contributed by atoms with Gasteiger partial charge >= 0.3 is 0 Å². The van der Waals surface area contributed by atoms with Crippen molar-refractivity contribution in [2.24, 2.45) is 0 Å². The second kappa shape index (κ2) is 4.08. The highest BCUT2D eigenvalue weighted by molar-refractivity contribution is 5.76. The van der Waals surface area contributed by atoms with Crippen molar-refractivity contribution in [2.45, 2.75) is 26.2 Å². The fourth-order valence-corrected chi connectivity index (χ4v) is 1.57. The maximum absolute atomic E-state index is 10.9. The first-order valence-corrected chi connectivity index (χ1v) is 4.46. The molecule has 70 valence electrons. The Balaban J connectivity index is 2.89. The second-order valence-corrected chi connectivity index (χ2v) is 3.23. The predicted octanol–water partition coefficient (Wildman–Crippen LogP) is 2.30. The zero-order valence-corrected chi connectivity index (χ0v) is 8.02. The maximum Gasteiger partial charge on any atom is 0.221 e. The fourth-order valence-electron chi connectivity index (χ4n) is 1.57. The van der Waals surface area contributed by atoms with Gasteiger partial charge in [0, 0.05) is 12.6 Å². The van der Waals surface area contributed by atoms with Crippen LogP contribution in [0.4, 0.5) is 0 Å². The van der Waals surface area contributed by atoms with Gasteiger partial charge in [0.05, 0.1) is 0 Å². The summed E-state index contributed by atoms with van der Waals surface area (Å²) in [7, 11) is 0. The molecule has 1 aliphatic carbocycles. The van der Waals surface area contributed by atoms with Crippen molar-refractivity contribution in [2.75, 3.05) is 0 Å². The van der Waals surface area contributed by atoms with Crippen molar-refractivity contribution >= 4 is 5.91 Å². The minimum Gasteiger partial charge on any atom is -0.326 e. The molecule has 0 aromatic carbocycles. The SMILES string of the molecule is C=C/C(NC(C)=O)=C1/CCCC1=C. The van der Waals surface area contributed by atoms with Crippen LogP contribution in [-0.4, -0.2) is 5.91 Å². The van der Waals surface area contributed by atoms with Crippen molar-refractivity contribution in [3.8, 4) is 0 Å². The highest BCUT2D eigenvalue weighted by Gasteiger charge is 2.15. The van der Waals surface area contributed by atoms with E-state index in [1.54, 1.807) is 6.08 Å². The first kappa shape index (κ1) is 9.78. The summed E-state index contributed by atoms with van der Waals surface area (Å²) in [6.07, 6.45) is 4.85. The average molecular weight is 177 g/mol. The quantitative estimate of drug-likeness (QED) is 0.689. The molecule has 0 spiro atoms. The second-order valence-electron chi connectivity index (χ2n) is 3.23. The van der Waals surface area contributed by atoms with Gasteiger partial charge in [-0.2, -0.15) is 0 Å². The number of carbonyl (C=O) groups excluding carboxylic acids is 1. The first-order chi connectivity index (χ1) is 6.15. The molecule has 1 saturated carbocycles. The largest absolute Gasteiger partial charge is 0.326 e. The van der Waals surface area contributed by atoms with Crippen LogP contribution < -0.4 is 5.32 Å². The normalized spacial score (nSPS) is 19.9. The summed E-state index contributed by atoms with van der Waals surface area (Å²) in [4.78, 5) is 10.9. The van der Waals surface area contributed by atoms with Crippen LogP contribution in [0.15, 0.2) is 36.1 Å². The predicted molar refractivity (Wildman–Crippen MR) is 54.0 cm³/mol. The van der Waals surface area contributed by atoms with E-state index >= 15 is 0 Å². The van der Waals surface area contributed by atoms with Crippen LogP contribution in [0.1, 0.15) is 26.2 Å². The molecule has 0 heterocycles. The highest BCUT2D eigenvalue weighted by atomic mass is 16.1. The summed E-state index contributed by atoms with van der Waals surface area (Å²) in [5.74, 6) is -0.0536. The Bertz CT molecular complexity index is 286. The standard InChI is InChI=1S/C11H15NO/c1-4-11(12-9(3)13)10-7-5-6-8(10)2/h4H,1-2,5-7H2,3H3,(H,12,13)/b11-10+. The summed E-state index contributed by atoms with van der Waals surface area (Å²) >= 11 is 0. The lowest BCUT2D eigenvalue weighted by molar-refractivity contribution is -0.118. The number of allylic oxidation sites excluding steroid dienone is 3. The molecular weight excluding hydrogens is 162 g/mol. The van der Waals surface area contributed by atoms with Gasteiger partial charge in [-0.3, -0.25) is 4.79 Å². The van der Waals surface area contributed by atoms with Crippen LogP contribution in [0.2, 0.25) is 0 Å². The molecule has 0 saturated heterocycles. The molecular formula is C11H15NO. The van der Waals surface area contributed by atoms with Crippen LogP contribution in [0.25, 0.3) is 0 Å². The molecule has 1 amide bonds. The van der Waals surface area contributed by atoms with Crippen molar-refractivity contribution in [3.63, 3.8) is 0 Å². The lowest BCUT2D eigenvalue weighted by atomic mass is 10.1. The number of hydrogen-bond acceptors (Lipinski definition) is 1. The third-order valence-electron chi connectivity index (χ3n) is 2.17. The van der Waals surface area contributed by atoms with E-state index in [1.165, 1.54) is 6.92 Å². The van der Waals surface area contributed by atoms with E-state index in [2.05, 4.69) is 18.5 Å². The molecule has 0 aliphatic heterocycles. The number of rotatable bonds is 2. The summed E-state index contributed by atoms with van der Waals surface area (Å²) in [5, 5.41) is 2.76. The van der Waals surface area contributed by atoms with Gasteiger partial charge in [-0.15, -0.1) is 0 Å². The van der Waals surface area contributed by atoms with Crippen molar-refractivity contribution < 1.29 is 4.79 Å². The van der Waals surface area contributed by atoms with Crippen LogP contribution in [0.3, 0.4) is 0 Å². The van der Waals surface area contributed by atoms with Gasteiger partial charge in [-0.05, 0) is 36.5 Å². The Kier molecular flexibility index (Phi) is 3.07. The number of hydrogen-bond donors (Lipinski definition) is 1. The third-order valence-corrected chi connectivity index (χ3v) is 2.17.